The molecular formula is C15H23N3O. The number of aromatic nitrogens is 2. The molecule has 2 aromatic rings. The lowest BCUT2D eigenvalue weighted by Crippen LogP contribution is -2.40. The Morgan fingerprint density at radius 1 is 1.37 bits per heavy atom. The van der Waals surface area contributed by atoms with Gasteiger partial charge in [0.05, 0.1) is 17.1 Å². The zero-order valence-corrected chi connectivity index (χ0v) is 12.2. The van der Waals surface area contributed by atoms with Gasteiger partial charge in [0, 0.05) is 26.1 Å². The van der Waals surface area contributed by atoms with E-state index < -0.39 is 0 Å². The number of benzene rings is 1. The van der Waals surface area contributed by atoms with Crippen molar-refractivity contribution in [1.82, 2.24) is 14.9 Å². The Bertz CT molecular complexity index is 535. The summed E-state index contributed by atoms with van der Waals surface area (Å²) in [6.45, 7) is 4.87. The summed E-state index contributed by atoms with van der Waals surface area (Å²) in [6, 6.07) is 8.50. The molecule has 0 saturated carbocycles. The fourth-order valence-electron chi connectivity index (χ4n) is 2.46. The molecule has 4 heteroatoms. The van der Waals surface area contributed by atoms with Crippen molar-refractivity contribution < 1.29 is 4.74 Å². The van der Waals surface area contributed by atoms with Crippen LogP contribution in [-0.2, 0) is 18.2 Å². The van der Waals surface area contributed by atoms with Crippen molar-refractivity contribution in [1.29, 1.82) is 0 Å². The van der Waals surface area contributed by atoms with Gasteiger partial charge in [0.25, 0.3) is 0 Å². The first-order valence-electron chi connectivity index (χ1n) is 6.86. The molecule has 1 heterocycles. The van der Waals surface area contributed by atoms with Gasteiger partial charge in [0.15, 0.2) is 0 Å². The van der Waals surface area contributed by atoms with E-state index in [1.54, 1.807) is 0 Å². The van der Waals surface area contributed by atoms with Gasteiger partial charge in [-0.05, 0) is 33.0 Å². The molecule has 1 aromatic heterocycles. The third-order valence-electron chi connectivity index (χ3n) is 3.65. The van der Waals surface area contributed by atoms with Crippen molar-refractivity contribution in [3.63, 3.8) is 0 Å². The van der Waals surface area contributed by atoms with Crippen LogP contribution in [0.4, 0.5) is 0 Å². The molecule has 2 unspecified atom stereocenters. The molecular weight excluding hydrogens is 238 g/mol. The average Bonchev–Trinajstić information content (AvgIpc) is 2.73. The molecule has 0 saturated heterocycles. The van der Waals surface area contributed by atoms with Crippen LogP contribution < -0.4 is 5.32 Å². The molecule has 19 heavy (non-hydrogen) atoms. The topological polar surface area (TPSA) is 39.1 Å². The molecule has 0 aliphatic heterocycles. The third kappa shape index (κ3) is 2.96. The van der Waals surface area contributed by atoms with Gasteiger partial charge in [0.2, 0.25) is 0 Å². The number of rotatable bonds is 6. The van der Waals surface area contributed by atoms with Gasteiger partial charge in [-0.1, -0.05) is 12.1 Å². The van der Waals surface area contributed by atoms with Crippen molar-refractivity contribution in [2.45, 2.75) is 32.4 Å². The lowest BCUT2D eigenvalue weighted by Gasteiger charge is -2.23. The molecule has 2 rings (SSSR count). The molecule has 0 aliphatic carbocycles. The third-order valence-corrected chi connectivity index (χ3v) is 3.65. The number of aryl methyl sites for hydroxylation is 1. The summed E-state index contributed by atoms with van der Waals surface area (Å²) in [6.07, 6.45) is 1.04. The van der Waals surface area contributed by atoms with Crippen molar-refractivity contribution >= 4 is 11.0 Å². The molecule has 0 radical (unpaired) electrons. The Kier molecular flexibility index (Phi) is 4.56. The second-order valence-corrected chi connectivity index (χ2v) is 4.84. The summed E-state index contributed by atoms with van der Waals surface area (Å²) < 4.78 is 7.85. The highest BCUT2D eigenvalue weighted by molar-refractivity contribution is 5.75. The minimum atomic E-state index is 0.176. The lowest BCUT2D eigenvalue weighted by molar-refractivity contribution is 0.0490. The Hall–Kier alpha value is -1.39. The predicted octanol–water partition coefficient (Wildman–Crippen LogP) is 2.13. The van der Waals surface area contributed by atoms with Crippen LogP contribution >= 0.6 is 0 Å². The number of ether oxygens (including phenoxy) is 1. The van der Waals surface area contributed by atoms with Crippen molar-refractivity contribution in [2.75, 3.05) is 13.7 Å². The number of fused-ring (bicyclic) bond motifs is 1. The quantitative estimate of drug-likeness (QED) is 0.866. The predicted molar refractivity (Wildman–Crippen MR) is 78.4 cm³/mol. The van der Waals surface area contributed by atoms with E-state index in [2.05, 4.69) is 36.0 Å². The molecule has 0 bridgehead atoms. The van der Waals surface area contributed by atoms with Gasteiger partial charge in [0.1, 0.15) is 5.82 Å². The Morgan fingerprint density at radius 2 is 2.11 bits per heavy atom. The largest absolute Gasteiger partial charge is 0.377 e. The van der Waals surface area contributed by atoms with Crippen LogP contribution in [0.1, 0.15) is 19.7 Å². The van der Waals surface area contributed by atoms with E-state index in [9.17, 15) is 0 Å². The monoisotopic (exact) mass is 261 g/mol. The maximum absolute atomic E-state index is 5.68. The van der Waals surface area contributed by atoms with E-state index in [1.807, 2.05) is 26.1 Å². The van der Waals surface area contributed by atoms with E-state index in [0.717, 1.165) is 24.4 Å². The maximum atomic E-state index is 5.68. The first-order valence-corrected chi connectivity index (χ1v) is 6.86. The summed E-state index contributed by atoms with van der Waals surface area (Å²) in [5, 5.41) is 3.33. The van der Waals surface area contributed by atoms with Crippen LogP contribution in [0.15, 0.2) is 24.3 Å². The number of hydrogen-bond donors (Lipinski definition) is 1. The number of hydrogen-bond acceptors (Lipinski definition) is 3. The van der Waals surface area contributed by atoms with Gasteiger partial charge < -0.3 is 14.6 Å². The van der Waals surface area contributed by atoms with Crippen molar-refractivity contribution in [3.8, 4) is 0 Å². The van der Waals surface area contributed by atoms with Crippen LogP contribution in [-0.4, -0.2) is 35.4 Å². The molecule has 1 N–H and O–H groups in total. The van der Waals surface area contributed by atoms with Gasteiger partial charge in [-0.25, -0.2) is 4.98 Å². The van der Waals surface area contributed by atoms with E-state index in [0.29, 0.717) is 0 Å². The molecule has 1 aromatic carbocycles. The second-order valence-electron chi connectivity index (χ2n) is 4.84. The standard InChI is InChI=1S/C15H23N3O/c1-5-19-11(2)13(16-3)10-15-17-12-8-6-7-9-14(12)18(15)4/h6-9,11,13,16H,5,10H2,1-4H3. The number of likely N-dealkylation sites (N-methyl/N-ethyl adjacent to an activating group) is 1. The Morgan fingerprint density at radius 3 is 2.74 bits per heavy atom. The van der Waals surface area contributed by atoms with Gasteiger partial charge >= 0.3 is 0 Å². The minimum absolute atomic E-state index is 0.176. The van der Waals surface area contributed by atoms with E-state index >= 15 is 0 Å². The summed E-state index contributed by atoms with van der Waals surface area (Å²) in [4.78, 5) is 4.71. The van der Waals surface area contributed by atoms with Crippen LogP contribution in [0.25, 0.3) is 11.0 Å². The number of para-hydroxylation sites is 2. The fraction of sp³-hybridized carbons (Fsp3) is 0.533. The van der Waals surface area contributed by atoms with Gasteiger partial charge in [-0.15, -0.1) is 0 Å². The van der Waals surface area contributed by atoms with Crippen molar-refractivity contribution in [2.24, 2.45) is 7.05 Å². The SMILES string of the molecule is CCOC(C)C(Cc1nc2ccccc2n1C)NC. The normalized spacial score (nSPS) is 14.7. The maximum Gasteiger partial charge on any atom is 0.111 e. The Labute approximate surface area is 114 Å². The molecule has 4 nitrogen and oxygen atoms in total. The van der Waals surface area contributed by atoms with Gasteiger partial charge in [-0.3, -0.25) is 0 Å². The highest BCUT2D eigenvalue weighted by Crippen LogP contribution is 2.16. The minimum Gasteiger partial charge on any atom is -0.377 e. The zero-order valence-electron chi connectivity index (χ0n) is 12.2. The average molecular weight is 261 g/mol. The Balaban J connectivity index is 2.22. The molecule has 0 amide bonds. The van der Waals surface area contributed by atoms with E-state index in [-0.39, 0.29) is 12.1 Å². The highest BCUT2D eigenvalue weighted by atomic mass is 16.5. The van der Waals surface area contributed by atoms with Crippen LogP contribution in [0, 0.1) is 0 Å². The second kappa shape index (κ2) is 6.17. The molecule has 0 aliphatic rings. The van der Waals surface area contributed by atoms with Crippen LogP contribution in [0.2, 0.25) is 0 Å². The van der Waals surface area contributed by atoms with Gasteiger partial charge in [-0.2, -0.15) is 0 Å². The van der Waals surface area contributed by atoms with E-state index in [4.69, 9.17) is 9.72 Å². The van der Waals surface area contributed by atoms with E-state index in [1.165, 1.54) is 5.52 Å². The first-order chi connectivity index (χ1) is 9.17. The molecule has 0 fully saturated rings. The molecule has 2 atom stereocenters. The summed E-state index contributed by atoms with van der Waals surface area (Å²) >= 11 is 0. The molecule has 0 spiro atoms. The van der Waals surface area contributed by atoms with Crippen molar-refractivity contribution in [3.05, 3.63) is 30.1 Å². The fourth-order valence-corrected chi connectivity index (χ4v) is 2.46. The summed E-state index contributed by atoms with van der Waals surface area (Å²) in [5.74, 6) is 1.09. The smallest absolute Gasteiger partial charge is 0.111 e. The lowest BCUT2D eigenvalue weighted by atomic mass is 10.1. The molecule has 104 valence electrons. The van der Waals surface area contributed by atoms with Crippen LogP contribution in [0.5, 0.6) is 0 Å². The van der Waals surface area contributed by atoms with Crippen LogP contribution in [0.3, 0.4) is 0 Å². The number of nitrogens with one attached hydrogen (secondary N) is 1. The first kappa shape index (κ1) is 14.0. The zero-order chi connectivity index (χ0) is 13.8. The number of nitrogens with zero attached hydrogens (tertiary/aromatic N) is 2. The highest BCUT2D eigenvalue weighted by Gasteiger charge is 2.19. The summed E-state index contributed by atoms with van der Waals surface area (Å²) in [5.41, 5.74) is 2.23. The summed E-state index contributed by atoms with van der Waals surface area (Å²) in [7, 11) is 4.05. The number of imidazole rings is 1.